The molecule has 0 rings (SSSR count). The van der Waals surface area contributed by atoms with Gasteiger partial charge in [0.05, 0.1) is 5.75 Å². The number of ether oxygens (including phenoxy) is 1. The molecule has 0 heterocycles. The fourth-order valence-corrected chi connectivity index (χ4v) is 2.21. The molecule has 0 aromatic heterocycles. The number of esters is 1. The van der Waals surface area contributed by atoms with Gasteiger partial charge in [0, 0.05) is 6.42 Å². The minimum Gasteiger partial charge on any atom is -0.462 e. The molecule has 0 radical (unpaired) electrons. The lowest BCUT2D eigenvalue weighted by molar-refractivity contribution is -0.156. The molecule has 0 bridgehead atoms. The van der Waals surface area contributed by atoms with Crippen LogP contribution in [0.3, 0.4) is 0 Å². The van der Waals surface area contributed by atoms with Crippen LogP contribution in [-0.4, -0.2) is 30.8 Å². The standard InChI is InChI=1S/C14H28O5S/c1-13(2,3)10-11(14(4,5)6)19-12(15)8-7-9-20(16,17)18/h11H,7-10H2,1-6H3,(H,16,17,18). The van der Waals surface area contributed by atoms with E-state index in [1.54, 1.807) is 0 Å². The Labute approximate surface area is 122 Å². The Morgan fingerprint density at radius 3 is 2.00 bits per heavy atom. The lowest BCUT2D eigenvalue weighted by atomic mass is 9.78. The van der Waals surface area contributed by atoms with Gasteiger partial charge in [0.2, 0.25) is 0 Å². The third-order valence-electron chi connectivity index (χ3n) is 2.82. The fraction of sp³-hybridized carbons (Fsp3) is 0.929. The smallest absolute Gasteiger partial charge is 0.306 e. The molecular formula is C14H28O5S. The van der Waals surface area contributed by atoms with Crippen molar-refractivity contribution < 1.29 is 22.5 Å². The van der Waals surface area contributed by atoms with E-state index in [0.29, 0.717) is 0 Å². The fourth-order valence-electron chi connectivity index (χ4n) is 1.70. The van der Waals surface area contributed by atoms with Crippen LogP contribution in [-0.2, 0) is 19.6 Å². The molecule has 0 aromatic rings. The molecular weight excluding hydrogens is 280 g/mol. The van der Waals surface area contributed by atoms with Gasteiger partial charge in [-0.05, 0) is 23.7 Å². The second kappa shape index (κ2) is 6.89. The lowest BCUT2D eigenvalue weighted by Gasteiger charge is -2.35. The molecule has 0 spiro atoms. The molecule has 0 amide bonds. The second-order valence-electron chi connectivity index (χ2n) is 7.50. The largest absolute Gasteiger partial charge is 0.462 e. The van der Waals surface area contributed by atoms with E-state index in [4.69, 9.17) is 9.29 Å². The Balaban J connectivity index is 4.48. The molecule has 0 aliphatic heterocycles. The van der Waals surface area contributed by atoms with Gasteiger partial charge < -0.3 is 4.74 Å². The summed E-state index contributed by atoms with van der Waals surface area (Å²) < 4.78 is 35.3. The molecule has 1 atom stereocenters. The van der Waals surface area contributed by atoms with Crippen LogP contribution in [0.5, 0.6) is 0 Å². The number of rotatable bonds is 6. The molecule has 0 fully saturated rings. The van der Waals surface area contributed by atoms with E-state index in [9.17, 15) is 13.2 Å². The quantitative estimate of drug-likeness (QED) is 0.602. The van der Waals surface area contributed by atoms with Crippen molar-refractivity contribution in [3.8, 4) is 0 Å². The highest BCUT2D eigenvalue weighted by molar-refractivity contribution is 7.85. The molecule has 0 saturated heterocycles. The first-order valence-electron chi connectivity index (χ1n) is 6.85. The summed E-state index contributed by atoms with van der Waals surface area (Å²) in [6, 6.07) is 0. The number of hydrogen-bond acceptors (Lipinski definition) is 4. The Morgan fingerprint density at radius 2 is 1.65 bits per heavy atom. The van der Waals surface area contributed by atoms with E-state index < -0.39 is 21.8 Å². The van der Waals surface area contributed by atoms with Crippen molar-refractivity contribution in [2.45, 2.75) is 66.9 Å². The van der Waals surface area contributed by atoms with Crippen LogP contribution >= 0.6 is 0 Å². The van der Waals surface area contributed by atoms with Crippen molar-refractivity contribution in [2.75, 3.05) is 5.75 Å². The van der Waals surface area contributed by atoms with Gasteiger partial charge in [-0.25, -0.2) is 0 Å². The highest BCUT2D eigenvalue weighted by Crippen LogP contribution is 2.33. The van der Waals surface area contributed by atoms with Gasteiger partial charge in [0.1, 0.15) is 6.10 Å². The Hall–Kier alpha value is -0.620. The third-order valence-corrected chi connectivity index (χ3v) is 3.63. The zero-order valence-electron chi connectivity index (χ0n) is 13.4. The summed E-state index contributed by atoms with van der Waals surface area (Å²) in [4.78, 5) is 11.8. The lowest BCUT2D eigenvalue weighted by Crippen LogP contribution is -2.35. The maximum Gasteiger partial charge on any atom is 0.306 e. The van der Waals surface area contributed by atoms with Crippen molar-refractivity contribution >= 4 is 16.1 Å². The first-order valence-corrected chi connectivity index (χ1v) is 8.46. The second-order valence-corrected chi connectivity index (χ2v) is 9.07. The van der Waals surface area contributed by atoms with Gasteiger partial charge in [0.25, 0.3) is 10.1 Å². The summed E-state index contributed by atoms with van der Waals surface area (Å²) in [7, 11) is -4.01. The normalized spacial score (nSPS) is 14.9. The van der Waals surface area contributed by atoms with Gasteiger partial charge in [0.15, 0.2) is 0 Å². The summed E-state index contributed by atoms with van der Waals surface area (Å²) in [5.41, 5.74) is -0.140. The monoisotopic (exact) mass is 308 g/mol. The van der Waals surface area contributed by atoms with E-state index >= 15 is 0 Å². The van der Waals surface area contributed by atoms with Crippen molar-refractivity contribution in [2.24, 2.45) is 10.8 Å². The van der Waals surface area contributed by atoms with Crippen LogP contribution < -0.4 is 0 Å². The summed E-state index contributed by atoms with van der Waals surface area (Å²) in [5.74, 6) is -0.834. The third kappa shape index (κ3) is 10.2. The van der Waals surface area contributed by atoms with E-state index in [1.807, 2.05) is 20.8 Å². The first-order chi connectivity index (χ1) is 8.71. The summed E-state index contributed by atoms with van der Waals surface area (Å²) in [6.07, 6.45) is 0.585. The predicted molar refractivity (Wildman–Crippen MR) is 79.1 cm³/mol. The van der Waals surface area contributed by atoms with E-state index in [2.05, 4.69) is 20.8 Å². The van der Waals surface area contributed by atoms with Gasteiger partial charge in [-0.15, -0.1) is 0 Å². The summed E-state index contributed by atoms with van der Waals surface area (Å²) in [5, 5.41) is 0. The average Bonchev–Trinajstić information content (AvgIpc) is 2.10. The van der Waals surface area contributed by atoms with Gasteiger partial charge in [-0.1, -0.05) is 41.5 Å². The topological polar surface area (TPSA) is 80.7 Å². The van der Waals surface area contributed by atoms with Crippen molar-refractivity contribution in [1.29, 1.82) is 0 Å². The highest BCUT2D eigenvalue weighted by atomic mass is 32.2. The highest BCUT2D eigenvalue weighted by Gasteiger charge is 2.32. The van der Waals surface area contributed by atoms with Gasteiger partial charge in [-0.2, -0.15) is 8.42 Å². The predicted octanol–water partition coefficient (Wildman–Crippen LogP) is 3.05. The van der Waals surface area contributed by atoms with Crippen LogP contribution in [0.25, 0.3) is 0 Å². The maximum absolute atomic E-state index is 11.8. The Morgan fingerprint density at radius 1 is 1.15 bits per heavy atom. The van der Waals surface area contributed by atoms with Crippen LogP contribution in [0, 0.1) is 10.8 Å². The van der Waals surface area contributed by atoms with Gasteiger partial charge >= 0.3 is 5.97 Å². The zero-order chi connectivity index (χ0) is 16.2. The zero-order valence-corrected chi connectivity index (χ0v) is 14.2. The molecule has 5 nitrogen and oxygen atoms in total. The van der Waals surface area contributed by atoms with Crippen molar-refractivity contribution in [1.82, 2.24) is 0 Å². The molecule has 0 saturated carbocycles. The minimum absolute atomic E-state index is 0.00346. The molecule has 0 aliphatic carbocycles. The number of hydrogen-bond donors (Lipinski definition) is 1. The van der Waals surface area contributed by atoms with Crippen LogP contribution in [0.1, 0.15) is 60.8 Å². The van der Waals surface area contributed by atoms with E-state index in [-0.39, 0.29) is 29.8 Å². The number of carbonyl (C=O) groups is 1. The van der Waals surface area contributed by atoms with Crippen molar-refractivity contribution in [3.63, 3.8) is 0 Å². The first kappa shape index (κ1) is 19.4. The average molecular weight is 308 g/mol. The van der Waals surface area contributed by atoms with Crippen LogP contribution in [0.4, 0.5) is 0 Å². The Bertz CT molecular complexity index is 412. The molecule has 0 aromatic carbocycles. The van der Waals surface area contributed by atoms with Crippen LogP contribution in [0.2, 0.25) is 0 Å². The van der Waals surface area contributed by atoms with E-state index in [0.717, 1.165) is 6.42 Å². The van der Waals surface area contributed by atoms with Gasteiger partial charge in [-0.3, -0.25) is 9.35 Å². The molecule has 1 unspecified atom stereocenters. The number of carbonyl (C=O) groups excluding carboxylic acids is 1. The van der Waals surface area contributed by atoms with E-state index in [1.165, 1.54) is 0 Å². The molecule has 120 valence electrons. The summed E-state index contributed by atoms with van der Waals surface area (Å²) >= 11 is 0. The maximum atomic E-state index is 11.8. The summed E-state index contributed by atoms with van der Waals surface area (Å²) in [6.45, 7) is 12.3. The molecule has 0 aliphatic rings. The Kier molecular flexibility index (Phi) is 6.68. The SMILES string of the molecule is CC(C)(C)CC(OC(=O)CCCS(=O)(=O)O)C(C)(C)C. The van der Waals surface area contributed by atoms with Crippen LogP contribution in [0.15, 0.2) is 0 Å². The minimum atomic E-state index is -4.01. The van der Waals surface area contributed by atoms with Crippen molar-refractivity contribution in [3.05, 3.63) is 0 Å². The molecule has 6 heteroatoms. The molecule has 1 N–H and O–H groups in total. The molecule has 20 heavy (non-hydrogen) atoms.